The van der Waals surface area contributed by atoms with Gasteiger partial charge in [-0.25, -0.2) is 4.98 Å². The molecule has 1 amide bonds. The third-order valence-electron chi connectivity index (χ3n) is 5.87. The first kappa shape index (κ1) is 22.2. The van der Waals surface area contributed by atoms with Gasteiger partial charge < -0.3 is 19.1 Å². The molecule has 6 nitrogen and oxygen atoms in total. The zero-order valence-electron chi connectivity index (χ0n) is 18.4. The van der Waals surface area contributed by atoms with Gasteiger partial charge in [-0.2, -0.15) is 0 Å². The van der Waals surface area contributed by atoms with Crippen LogP contribution in [0.3, 0.4) is 0 Å². The number of imidazole rings is 1. The maximum Gasteiger partial charge on any atom is 0.219 e. The van der Waals surface area contributed by atoms with E-state index in [-0.39, 0.29) is 12.0 Å². The second-order valence-electron chi connectivity index (χ2n) is 8.15. The van der Waals surface area contributed by atoms with E-state index in [1.807, 2.05) is 41.7 Å². The molecule has 32 heavy (non-hydrogen) atoms. The molecule has 7 heteroatoms. The number of benzene rings is 2. The molecule has 2 heterocycles. The van der Waals surface area contributed by atoms with E-state index in [2.05, 4.69) is 38.7 Å². The van der Waals surface area contributed by atoms with Crippen molar-refractivity contribution in [1.82, 2.24) is 14.5 Å². The Labute approximate surface area is 194 Å². The molecule has 2 aromatic carbocycles. The van der Waals surface area contributed by atoms with Crippen molar-refractivity contribution in [2.75, 3.05) is 31.1 Å². The minimum Gasteiger partial charge on any atom is -0.489 e. The number of nitrogens with zero attached hydrogens (tertiary/aromatic N) is 4. The number of anilines is 1. The number of rotatable bonds is 8. The smallest absolute Gasteiger partial charge is 0.219 e. The van der Waals surface area contributed by atoms with Crippen LogP contribution in [0.1, 0.15) is 18.9 Å². The molecule has 0 aliphatic carbocycles. The molecule has 1 atom stereocenters. The summed E-state index contributed by atoms with van der Waals surface area (Å²) < 4.78 is 8.43. The number of carbonyl (C=O) groups excluding carboxylic acids is 1. The van der Waals surface area contributed by atoms with Crippen molar-refractivity contribution in [3.63, 3.8) is 0 Å². The first-order valence-electron chi connectivity index (χ1n) is 11.0. The molecular weight excluding hydrogens is 424 g/mol. The van der Waals surface area contributed by atoms with E-state index < -0.39 is 0 Å². The Morgan fingerprint density at radius 1 is 1.06 bits per heavy atom. The number of aryl methyl sites for hydroxylation is 1. The molecule has 1 aromatic heterocycles. The van der Waals surface area contributed by atoms with Gasteiger partial charge in [0.05, 0.1) is 12.9 Å². The quantitative estimate of drug-likeness (QED) is 0.511. The Kier molecular flexibility index (Phi) is 7.32. The van der Waals surface area contributed by atoms with Crippen LogP contribution in [0.2, 0.25) is 5.02 Å². The summed E-state index contributed by atoms with van der Waals surface area (Å²) in [5.41, 5.74) is 2.40. The zero-order valence-corrected chi connectivity index (χ0v) is 19.1. The average Bonchev–Trinajstić information content (AvgIpc) is 3.32. The largest absolute Gasteiger partial charge is 0.489 e. The number of amides is 1. The van der Waals surface area contributed by atoms with Gasteiger partial charge in [-0.3, -0.25) is 4.79 Å². The highest BCUT2D eigenvalue weighted by molar-refractivity contribution is 6.30. The second-order valence-corrected chi connectivity index (χ2v) is 8.59. The van der Waals surface area contributed by atoms with Crippen molar-refractivity contribution in [2.24, 2.45) is 0 Å². The van der Waals surface area contributed by atoms with Crippen molar-refractivity contribution in [3.8, 4) is 5.75 Å². The number of hydrogen-bond acceptors (Lipinski definition) is 4. The van der Waals surface area contributed by atoms with Gasteiger partial charge in [0, 0.05) is 56.2 Å². The standard InChI is InChI=1S/C25H29ClN4O2/c1-20(31)29-14-16-30(17-15-29)23-7-10-24(11-8-23)32-25(18-28-13-12-27-19-28)9-4-21-2-5-22(26)6-3-21/h2-3,5-8,10-13,19,25H,4,9,14-18H2,1H3. The van der Waals surface area contributed by atoms with Crippen molar-refractivity contribution in [2.45, 2.75) is 32.4 Å². The van der Waals surface area contributed by atoms with Gasteiger partial charge in [0.1, 0.15) is 11.9 Å². The number of piperazine rings is 1. The van der Waals surface area contributed by atoms with Crippen LogP contribution in [0.15, 0.2) is 67.3 Å². The summed E-state index contributed by atoms with van der Waals surface area (Å²) in [4.78, 5) is 19.9. The molecule has 1 aliphatic rings. The summed E-state index contributed by atoms with van der Waals surface area (Å²) in [6.45, 7) is 5.61. The van der Waals surface area contributed by atoms with E-state index in [0.29, 0.717) is 0 Å². The molecule has 0 radical (unpaired) electrons. The van der Waals surface area contributed by atoms with Crippen molar-refractivity contribution in [1.29, 1.82) is 0 Å². The molecule has 1 unspecified atom stereocenters. The van der Waals surface area contributed by atoms with Crippen LogP contribution in [0.25, 0.3) is 0 Å². The molecule has 0 spiro atoms. The van der Waals surface area contributed by atoms with Gasteiger partial charge in [-0.05, 0) is 54.8 Å². The minimum absolute atomic E-state index is 0.0184. The lowest BCUT2D eigenvalue weighted by Crippen LogP contribution is -2.48. The van der Waals surface area contributed by atoms with Gasteiger partial charge >= 0.3 is 0 Å². The number of aromatic nitrogens is 2. The monoisotopic (exact) mass is 452 g/mol. The highest BCUT2D eigenvalue weighted by Gasteiger charge is 2.19. The topological polar surface area (TPSA) is 50.6 Å². The fraction of sp³-hybridized carbons (Fsp3) is 0.360. The van der Waals surface area contributed by atoms with Crippen LogP contribution < -0.4 is 9.64 Å². The van der Waals surface area contributed by atoms with Crippen LogP contribution in [0, 0.1) is 0 Å². The highest BCUT2D eigenvalue weighted by Crippen LogP contribution is 2.23. The lowest BCUT2D eigenvalue weighted by Gasteiger charge is -2.35. The van der Waals surface area contributed by atoms with Crippen molar-refractivity contribution in [3.05, 3.63) is 77.8 Å². The van der Waals surface area contributed by atoms with Crippen molar-refractivity contribution < 1.29 is 9.53 Å². The Morgan fingerprint density at radius 2 is 1.78 bits per heavy atom. The maximum absolute atomic E-state index is 11.5. The Bertz CT molecular complexity index is 982. The molecule has 3 aromatic rings. The Morgan fingerprint density at radius 3 is 2.41 bits per heavy atom. The van der Waals surface area contributed by atoms with Crippen LogP contribution in [-0.2, 0) is 17.8 Å². The first-order valence-corrected chi connectivity index (χ1v) is 11.4. The van der Waals surface area contributed by atoms with Crippen LogP contribution in [-0.4, -0.2) is 52.6 Å². The lowest BCUT2D eigenvalue weighted by atomic mass is 10.1. The third-order valence-corrected chi connectivity index (χ3v) is 6.12. The van der Waals surface area contributed by atoms with Gasteiger partial charge in [-0.1, -0.05) is 23.7 Å². The molecule has 1 saturated heterocycles. The molecular formula is C25H29ClN4O2. The fourth-order valence-electron chi connectivity index (χ4n) is 4.00. The summed E-state index contributed by atoms with van der Waals surface area (Å²) in [7, 11) is 0. The summed E-state index contributed by atoms with van der Waals surface area (Å²) in [6.07, 6.45) is 7.38. The molecule has 168 valence electrons. The second kappa shape index (κ2) is 10.6. The van der Waals surface area contributed by atoms with Gasteiger partial charge in [0.15, 0.2) is 0 Å². The molecule has 4 rings (SSSR count). The summed E-state index contributed by atoms with van der Waals surface area (Å²) >= 11 is 6.01. The predicted molar refractivity (Wildman–Crippen MR) is 127 cm³/mol. The van der Waals surface area contributed by atoms with E-state index in [9.17, 15) is 4.79 Å². The molecule has 0 saturated carbocycles. The Hall–Kier alpha value is -2.99. The van der Waals surface area contributed by atoms with Gasteiger partial charge in [0.25, 0.3) is 0 Å². The van der Waals surface area contributed by atoms with Crippen molar-refractivity contribution >= 4 is 23.2 Å². The Balaban J connectivity index is 1.37. The number of carbonyl (C=O) groups is 1. The zero-order chi connectivity index (χ0) is 22.3. The number of hydrogen-bond donors (Lipinski definition) is 0. The van der Waals surface area contributed by atoms with E-state index in [0.717, 1.165) is 62.0 Å². The minimum atomic E-state index is 0.0184. The maximum atomic E-state index is 11.5. The van der Waals surface area contributed by atoms with Crippen LogP contribution in [0.4, 0.5) is 5.69 Å². The van der Waals surface area contributed by atoms with E-state index in [1.54, 1.807) is 13.1 Å². The average molecular weight is 453 g/mol. The lowest BCUT2D eigenvalue weighted by molar-refractivity contribution is -0.129. The SMILES string of the molecule is CC(=O)N1CCN(c2ccc(OC(CCc3ccc(Cl)cc3)Cn3ccnc3)cc2)CC1. The fourth-order valence-corrected chi connectivity index (χ4v) is 4.13. The van der Waals surface area contributed by atoms with Crippen LogP contribution >= 0.6 is 11.6 Å². The number of ether oxygens (including phenoxy) is 1. The molecule has 1 aliphatic heterocycles. The van der Waals surface area contributed by atoms with Gasteiger partial charge in [0.2, 0.25) is 5.91 Å². The summed E-state index contributed by atoms with van der Waals surface area (Å²) in [5.74, 6) is 1.01. The van der Waals surface area contributed by atoms with E-state index in [1.165, 1.54) is 5.56 Å². The van der Waals surface area contributed by atoms with E-state index >= 15 is 0 Å². The predicted octanol–water partition coefficient (Wildman–Crippen LogP) is 4.29. The molecule has 1 fully saturated rings. The third kappa shape index (κ3) is 6.04. The summed E-state index contributed by atoms with van der Waals surface area (Å²) in [6, 6.07) is 16.3. The van der Waals surface area contributed by atoms with Gasteiger partial charge in [-0.15, -0.1) is 0 Å². The summed E-state index contributed by atoms with van der Waals surface area (Å²) in [5, 5.41) is 0.753. The highest BCUT2D eigenvalue weighted by atomic mass is 35.5. The number of halogens is 1. The normalized spacial score (nSPS) is 14.9. The molecule has 0 N–H and O–H groups in total. The first-order chi connectivity index (χ1) is 15.6. The molecule has 0 bridgehead atoms. The van der Waals surface area contributed by atoms with E-state index in [4.69, 9.17) is 16.3 Å². The van der Waals surface area contributed by atoms with Crippen LogP contribution in [0.5, 0.6) is 5.75 Å².